The highest BCUT2D eigenvalue weighted by atomic mass is 15.2. The van der Waals surface area contributed by atoms with Crippen LogP contribution in [0.3, 0.4) is 0 Å². The summed E-state index contributed by atoms with van der Waals surface area (Å²) in [5.41, 5.74) is 28.3. The molecule has 10 aromatic carbocycles. The summed E-state index contributed by atoms with van der Waals surface area (Å²) >= 11 is 0. The summed E-state index contributed by atoms with van der Waals surface area (Å²) in [5, 5.41) is 0. The predicted octanol–water partition coefficient (Wildman–Crippen LogP) is 14.5. The third-order valence-electron chi connectivity index (χ3n) is 15.2. The first-order chi connectivity index (χ1) is 33.5. The molecule has 2 aliphatic heterocycles. The highest BCUT2D eigenvalue weighted by molar-refractivity contribution is 7.00. The summed E-state index contributed by atoms with van der Waals surface area (Å²) in [6.07, 6.45) is 0. The number of para-hydroxylation sites is 3. The summed E-state index contributed by atoms with van der Waals surface area (Å²) in [7, 11) is 0. The molecule has 0 bridgehead atoms. The molecule has 1 spiro atoms. The van der Waals surface area contributed by atoms with Gasteiger partial charge in [0.2, 0.25) is 0 Å². The van der Waals surface area contributed by atoms with Gasteiger partial charge in [-0.05, 0) is 172 Å². The van der Waals surface area contributed by atoms with E-state index in [0.717, 1.165) is 22.7 Å². The van der Waals surface area contributed by atoms with Gasteiger partial charge in [-0.1, -0.05) is 151 Å². The van der Waals surface area contributed by atoms with Gasteiger partial charge in [0, 0.05) is 51.2 Å². The van der Waals surface area contributed by atoms with Crippen molar-refractivity contribution in [2.75, 3.05) is 14.7 Å². The number of fused-ring (bicyclic) bond motifs is 14. The van der Waals surface area contributed by atoms with Crippen LogP contribution in [0.1, 0.15) is 38.9 Å². The minimum absolute atomic E-state index is 0.00114. The summed E-state index contributed by atoms with van der Waals surface area (Å²) in [4.78, 5) is 7.50. The molecule has 1 unspecified atom stereocenters. The van der Waals surface area contributed by atoms with Gasteiger partial charge in [-0.2, -0.15) is 0 Å². The number of nitrogens with zero attached hydrogens (tertiary/aromatic N) is 3. The van der Waals surface area contributed by atoms with Crippen LogP contribution in [0.5, 0.6) is 0 Å². The van der Waals surface area contributed by atoms with Crippen molar-refractivity contribution < 1.29 is 0 Å². The molecule has 0 N–H and O–H groups in total. The van der Waals surface area contributed by atoms with Crippen molar-refractivity contribution in [3.63, 3.8) is 0 Å². The van der Waals surface area contributed by atoms with Crippen LogP contribution in [0.25, 0.3) is 22.3 Å². The van der Waals surface area contributed by atoms with E-state index >= 15 is 0 Å². The zero-order valence-corrected chi connectivity index (χ0v) is 38.3. The lowest BCUT2D eigenvalue weighted by Gasteiger charge is -2.45. The first-order valence-corrected chi connectivity index (χ1v) is 23.9. The van der Waals surface area contributed by atoms with E-state index in [1.807, 2.05) is 0 Å². The average Bonchev–Trinajstić information content (AvgIpc) is 3.83. The van der Waals surface area contributed by atoms with Gasteiger partial charge in [-0.25, -0.2) is 0 Å². The van der Waals surface area contributed by atoms with Crippen molar-refractivity contribution in [2.24, 2.45) is 0 Å². The Bertz CT molecular complexity index is 3640. The molecule has 320 valence electrons. The largest absolute Gasteiger partial charge is 0.311 e. The van der Waals surface area contributed by atoms with Gasteiger partial charge in [0.25, 0.3) is 6.71 Å². The van der Waals surface area contributed by atoms with Gasteiger partial charge < -0.3 is 14.7 Å². The lowest BCUT2D eigenvalue weighted by molar-refractivity contribution is 0.793. The number of rotatable bonds is 5. The second-order valence-electron chi connectivity index (χ2n) is 19.1. The molecular weight excluding hydrogens is 822 g/mol. The maximum atomic E-state index is 2.61. The highest BCUT2D eigenvalue weighted by Gasteiger charge is 2.54. The molecule has 4 heteroatoms. The lowest BCUT2D eigenvalue weighted by atomic mass is 9.33. The van der Waals surface area contributed by atoms with Crippen LogP contribution in [0.4, 0.5) is 51.2 Å². The molecule has 68 heavy (non-hydrogen) atoms. The number of aryl methyl sites for hydroxylation is 3. The summed E-state index contributed by atoms with van der Waals surface area (Å²) < 4.78 is 0. The Morgan fingerprint density at radius 1 is 0.338 bits per heavy atom. The van der Waals surface area contributed by atoms with Crippen molar-refractivity contribution in [1.82, 2.24) is 0 Å². The standard InChI is InChI=1S/C64H46BN3/c1-41-27-30-47(31-28-41)67-59-34-29-42(2)35-57(59)65-58-39-52-50-24-14-16-26-54(50)64(56(52)40-60(58)68(46-21-11-6-12-22-46)62-37-43(3)36-61(67)63(62)65)53-25-15-13-23-49(53)51-33-32-48(38-55(51)64)66(44-17-7-4-8-18-44)45-19-9-5-10-20-45/h4-40H,1-3H3. The Labute approximate surface area is 398 Å². The van der Waals surface area contributed by atoms with Crippen molar-refractivity contribution in [2.45, 2.75) is 26.2 Å². The molecule has 10 aromatic rings. The minimum atomic E-state index is -0.578. The maximum Gasteiger partial charge on any atom is 0.252 e. The Morgan fingerprint density at radius 2 is 0.853 bits per heavy atom. The van der Waals surface area contributed by atoms with Gasteiger partial charge in [0.05, 0.1) is 5.41 Å². The molecule has 0 aromatic heterocycles. The number of hydrogen-bond acceptors (Lipinski definition) is 3. The van der Waals surface area contributed by atoms with Crippen LogP contribution in [0.15, 0.2) is 224 Å². The molecule has 0 amide bonds. The van der Waals surface area contributed by atoms with E-state index in [-0.39, 0.29) is 6.71 Å². The van der Waals surface area contributed by atoms with E-state index in [4.69, 9.17) is 0 Å². The van der Waals surface area contributed by atoms with E-state index in [0.29, 0.717) is 0 Å². The number of anilines is 9. The third-order valence-corrected chi connectivity index (χ3v) is 15.2. The topological polar surface area (TPSA) is 9.72 Å². The van der Waals surface area contributed by atoms with Gasteiger partial charge >= 0.3 is 0 Å². The molecule has 3 nitrogen and oxygen atoms in total. The lowest BCUT2D eigenvalue weighted by Crippen LogP contribution is -2.61. The zero-order chi connectivity index (χ0) is 45.3. The fourth-order valence-electron chi connectivity index (χ4n) is 12.4. The molecule has 14 rings (SSSR count). The second-order valence-corrected chi connectivity index (χ2v) is 19.1. The third kappa shape index (κ3) is 5.37. The van der Waals surface area contributed by atoms with Crippen molar-refractivity contribution >= 4 is 74.3 Å². The van der Waals surface area contributed by atoms with Gasteiger partial charge in [-0.3, -0.25) is 0 Å². The quantitative estimate of drug-likeness (QED) is 0.160. The average molecular weight is 868 g/mol. The van der Waals surface area contributed by atoms with E-state index in [1.165, 1.54) is 106 Å². The van der Waals surface area contributed by atoms with Crippen molar-refractivity contribution in [3.05, 3.63) is 263 Å². The Hall–Kier alpha value is -8.34. The number of hydrogen-bond donors (Lipinski definition) is 0. The van der Waals surface area contributed by atoms with Crippen molar-refractivity contribution in [3.8, 4) is 22.3 Å². The maximum absolute atomic E-state index is 2.61. The number of benzene rings is 10. The van der Waals surface area contributed by atoms with Crippen LogP contribution >= 0.6 is 0 Å². The van der Waals surface area contributed by atoms with Crippen LogP contribution < -0.4 is 31.1 Å². The first-order valence-electron chi connectivity index (χ1n) is 23.9. The molecule has 0 saturated carbocycles. The van der Waals surface area contributed by atoms with Crippen LogP contribution in [0.2, 0.25) is 0 Å². The monoisotopic (exact) mass is 867 g/mol. The van der Waals surface area contributed by atoms with E-state index in [1.54, 1.807) is 0 Å². The molecule has 2 heterocycles. The van der Waals surface area contributed by atoms with Gasteiger partial charge in [-0.15, -0.1) is 0 Å². The summed E-state index contributed by atoms with van der Waals surface area (Å²) in [5.74, 6) is 0. The molecule has 0 radical (unpaired) electrons. The van der Waals surface area contributed by atoms with Gasteiger partial charge in [0.1, 0.15) is 0 Å². The van der Waals surface area contributed by atoms with Crippen LogP contribution in [0, 0.1) is 20.8 Å². The fraction of sp³-hybridized carbons (Fsp3) is 0.0625. The van der Waals surface area contributed by atoms with E-state index in [9.17, 15) is 0 Å². The molecule has 0 fully saturated rings. The Morgan fingerprint density at radius 3 is 1.51 bits per heavy atom. The molecule has 4 aliphatic rings. The minimum Gasteiger partial charge on any atom is -0.311 e. The Kier molecular flexibility index (Phi) is 8.34. The SMILES string of the molecule is Cc1ccc(N2c3ccc(C)cc3B3c4cc5c(cc4N(c4ccccc4)c4cc(C)cc2c43)C2(c3ccccc3-c3ccc(N(c4ccccc4)c4ccccc4)cc32)c2ccccc2-5)cc1. The highest BCUT2D eigenvalue weighted by Crippen LogP contribution is 2.64. The predicted molar refractivity (Wildman–Crippen MR) is 286 cm³/mol. The van der Waals surface area contributed by atoms with Gasteiger partial charge in [0.15, 0.2) is 0 Å². The Balaban J connectivity index is 1.08. The molecule has 0 saturated heterocycles. The van der Waals surface area contributed by atoms with E-state index < -0.39 is 5.41 Å². The second kappa shape index (κ2) is 14.6. The van der Waals surface area contributed by atoms with E-state index in [2.05, 4.69) is 260 Å². The van der Waals surface area contributed by atoms with Crippen LogP contribution in [-0.2, 0) is 5.41 Å². The van der Waals surface area contributed by atoms with Crippen molar-refractivity contribution in [1.29, 1.82) is 0 Å². The zero-order valence-electron chi connectivity index (χ0n) is 38.3. The first kappa shape index (κ1) is 38.9. The normalized spacial score (nSPS) is 15.2. The molecular formula is C64H46BN3. The fourth-order valence-corrected chi connectivity index (χ4v) is 12.4. The van der Waals surface area contributed by atoms with Crippen LogP contribution in [-0.4, -0.2) is 6.71 Å². The summed E-state index contributed by atoms with van der Waals surface area (Å²) in [6, 6.07) is 84.5. The molecule has 2 aliphatic carbocycles. The smallest absolute Gasteiger partial charge is 0.252 e. The summed E-state index contributed by atoms with van der Waals surface area (Å²) in [6.45, 7) is 6.67. The molecule has 1 atom stereocenters.